The van der Waals surface area contributed by atoms with Crippen LogP contribution in [0, 0.1) is 0 Å². The number of rotatable bonds is 2. The number of nitrogens with one attached hydrogen (secondary N) is 1. The Labute approximate surface area is 68.0 Å². The van der Waals surface area contributed by atoms with E-state index in [0.29, 0.717) is 17.7 Å². The largest absolute Gasteiger partial charge is 0.326 e. The Bertz CT molecular complexity index is 408. The van der Waals surface area contributed by atoms with Gasteiger partial charge in [0.05, 0.1) is 5.69 Å². The number of aromatic nitrogens is 3. The van der Waals surface area contributed by atoms with Crippen LogP contribution in [0.4, 0.5) is 5.69 Å². The van der Waals surface area contributed by atoms with Crippen molar-refractivity contribution in [3.63, 3.8) is 0 Å². The van der Waals surface area contributed by atoms with Gasteiger partial charge in [-0.25, -0.2) is 9.50 Å². The highest BCUT2D eigenvalue weighted by molar-refractivity contribution is 5.79. The molecule has 0 aliphatic heterocycles. The summed E-state index contributed by atoms with van der Waals surface area (Å²) >= 11 is 0. The molecule has 2 rings (SSSR count). The second-order valence-corrected chi connectivity index (χ2v) is 2.21. The number of pyridine rings is 1. The number of hydrogen-bond acceptors (Lipinski definition) is 3. The molecule has 0 spiro atoms. The quantitative estimate of drug-likeness (QED) is 0.646. The molecule has 0 atom stereocenters. The lowest BCUT2D eigenvalue weighted by atomic mass is 10.4. The van der Waals surface area contributed by atoms with Gasteiger partial charge in [0.15, 0.2) is 5.65 Å². The predicted molar refractivity (Wildman–Crippen MR) is 42.7 cm³/mol. The number of hydrogen-bond donors (Lipinski definition) is 1. The molecular weight excluding hydrogens is 156 g/mol. The molecule has 1 N–H and O–H groups in total. The van der Waals surface area contributed by atoms with E-state index in [-0.39, 0.29) is 0 Å². The summed E-state index contributed by atoms with van der Waals surface area (Å²) in [4.78, 5) is 14.1. The summed E-state index contributed by atoms with van der Waals surface area (Å²) in [5.41, 5.74) is 1.30. The lowest BCUT2D eigenvalue weighted by Gasteiger charge is -1.98. The highest BCUT2D eigenvalue weighted by Gasteiger charge is 1.99. The minimum absolute atomic E-state index is 0.615. The van der Waals surface area contributed by atoms with Crippen LogP contribution < -0.4 is 5.32 Å². The average Bonchev–Trinajstić information content (AvgIpc) is 2.53. The monoisotopic (exact) mass is 162 g/mol. The molecule has 60 valence electrons. The highest BCUT2D eigenvalue weighted by Crippen LogP contribution is 2.11. The van der Waals surface area contributed by atoms with Crippen molar-refractivity contribution in [2.24, 2.45) is 0 Å². The van der Waals surface area contributed by atoms with Crippen molar-refractivity contribution in [2.75, 3.05) is 5.32 Å². The van der Waals surface area contributed by atoms with Gasteiger partial charge in [0.25, 0.3) is 0 Å². The van der Waals surface area contributed by atoms with E-state index in [1.54, 1.807) is 22.8 Å². The van der Waals surface area contributed by atoms with Crippen molar-refractivity contribution < 1.29 is 4.79 Å². The van der Waals surface area contributed by atoms with Gasteiger partial charge in [0.1, 0.15) is 6.33 Å². The molecule has 0 saturated heterocycles. The van der Waals surface area contributed by atoms with Crippen molar-refractivity contribution in [2.45, 2.75) is 0 Å². The second-order valence-electron chi connectivity index (χ2n) is 2.21. The first-order chi connectivity index (χ1) is 5.92. The molecule has 0 unspecified atom stereocenters. The molecule has 5 heteroatoms. The van der Waals surface area contributed by atoms with Gasteiger partial charge >= 0.3 is 0 Å². The van der Waals surface area contributed by atoms with Crippen LogP contribution in [0.15, 0.2) is 24.7 Å². The van der Waals surface area contributed by atoms with Crippen LogP contribution in [0.5, 0.6) is 0 Å². The fourth-order valence-electron chi connectivity index (χ4n) is 1.02. The number of nitrogens with zero attached hydrogens (tertiary/aromatic N) is 3. The third-order valence-corrected chi connectivity index (χ3v) is 1.52. The van der Waals surface area contributed by atoms with E-state index in [0.717, 1.165) is 0 Å². The SMILES string of the molecule is O=CNc1cccn2ncnc12. The maximum atomic E-state index is 10.2. The number of anilines is 1. The van der Waals surface area contributed by atoms with E-state index in [1.807, 2.05) is 0 Å². The minimum atomic E-state index is 0.615. The van der Waals surface area contributed by atoms with E-state index < -0.39 is 0 Å². The van der Waals surface area contributed by atoms with Crippen LogP contribution in [0.3, 0.4) is 0 Å². The molecule has 0 radical (unpaired) electrons. The Hall–Kier alpha value is -1.91. The number of carbonyl (C=O) groups excluding carboxylic acids is 1. The van der Waals surface area contributed by atoms with Crippen LogP contribution in [0.1, 0.15) is 0 Å². The molecule has 2 heterocycles. The Morgan fingerprint density at radius 2 is 2.50 bits per heavy atom. The maximum absolute atomic E-state index is 10.2. The van der Waals surface area contributed by atoms with Crippen molar-refractivity contribution in [1.29, 1.82) is 0 Å². The molecule has 5 nitrogen and oxygen atoms in total. The van der Waals surface area contributed by atoms with Crippen molar-refractivity contribution >= 4 is 17.7 Å². The molecule has 0 aliphatic carbocycles. The van der Waals surface area contributed by atoms with Gasteiger partial charge in [0, 0.05) is 6.20 Å². The topological polar surface area (TPSA) is 59.3 Å². The van der Waals surface area contributed by atoms with Gasteiger partial charge in [-0.15, -0.1) is 0 Å². The normalized spacial score (nSPS) is 10.0. The van der Waals surface area contributed by atoms with Gasteiger partial charge in [-0.3, -0.25) is 4.79 Å². The number of fused-ring (bicyclic) bond motifs is 1. The third-order valence-electron chi connectivity index (χ3n) is 1.52. The van der Waals surface area contributed by atoms with Gasteiger partial charge in [-0.1, -0.05) is 0 Å². The summed E-state index contributed by atoms with van der Waals surface area (Å²) in [6.07, 6.45) is 3.81. The summed E-state index contributed by atoms with van der Waals surface area (Å²) in [7, 11) is 0. The Morgan fingerprint density at radius 1 is 1.58 bits per heavy atom. The first-order valence-corrected chi connectivity index (χ1v) is 3.40. The summed E-state index contributed by atoms with van der Waals surface area (Å²) in [6.45, 7) is 0. The van der Waals surface area contributed by atoms with Gasteiger partial charge in [0.2, 0.25) is 6.41 Å². The summed E-state index contributed by atoms with van der Waals surface area (Å²) in [5.74, 6) is 0. The van der Waals surface area contributed by atoms with E-state index in [1.165, 1.54) is 6.33 Å². The molecule has 2 aromatic rings. The van der Waals surface area contributed by atoms with Crippen LogP contribution in [0.2, 0.25) is 0 Å². The number of amides is 1. The molecular formula is C7H6N4O. The van der Waals surface area contributed by atoms with Crippen molar-refractivity contribution in [3.8, 4) is 0 Å². The average molecular weight is 162 g/mol. The molecule has 1 amide bonds. The fraction of sp³-hybridized carbons (Fsp3) is 0. The standard InChI is InChI=1S/C7H6N4O/c12-5-9-6-2-1-3-11-7(6)8-4-10-11/h1-5H,(H,9,12). The summed E-state index contributed by atoms with van der Waals surface area (Å²) < 4.78 is 1.59. The van der Waals surface area contributed by atoms with Gasteiger partial charge in [-0.05, 0) is 12.1 Å². The third kappa shape index (κ3) is 0.914. The Balaban J connectivity index is 2.65. The zero-order valence-electron chi connectivity index (χ0n) is 6.14. The van der Waals surface area contributed by atoms with Crippen molar-refractivity contribution in [1.82, 2.24) is 14.6 Å². The zero-order valence-corrected chi connectivity index (χ0v) is 6.14. The molecule has 0 aromatic carbocycles. The van der Waals surface area contributed by atoms with E-state index in [9.17, 15) is 4.79 Å². The molecule has 0 bridgehead atoms. The van der Waals surface area contributed by atoms with Crippen molar-refractivity contribution in [3.05, 3.63) is 24.7 Å². The van der Waals surface area contributed by atoms with Crippen LogP contribution in [0.25, 0.3) is 5.65 Å². The molecule has 12 heavy (non-hydrogen) atoms. The lowest BCUT2D eigenvalue weighted by Crippen LogP contribution is -1.97. The summed E-state index contributed by atoms with van der Waals surface area (Å²) in [5, 5.41) is 6.44. The summed E-state index contributed by atoms with van der Waals surface area (Å²) in [6, 6.07) is 3.55. The van der Waals surface area contributed by atoms with Crippen LogP contribution >= 0.6 is 0 Å². The van der Waals surface area contributed by atoms with E-state index in [2.05, 4.69) is 15.4 Å². The maximum Gasteiger partial charge on any atom is 0.211 e. The van der Waals surface area contributed by atoms with E-state index in [4.69, 9.17) is 0 Å². The van der Waals surface area contributed by atoms with Crippen LogP contribution in [-0.4, -0.2) is 21.0 Å². The zero-order chi connectivity index (χ0) is 8.39. The second kappa shape index (κ2) is 2.61. The van der Waals surface area contributed by atoms with Gasteiger partial charge in [-0.2, -0.15) is 5.10 Å². The molecule has 0 saturated carbocycles. The smallest absolute Gasteiger partial charge is 0.211 e. The highest BCUT2D eigenvalue weighted by atomic mass is 16.1. The molecule has 2 aromatic heterocycles. The van der Waals surface area contributed by atoms with Crippen LogP contribution in [-0.2, 0) is 4.79 Å². The minimum Gasteiger partial charge on any atom is -0.326 e. The molecule has 0 fully saturated rings. The Kier molecular flexibility index (Phi) is 1.48. The Morgan fingerprint density at radius 3 is 3.33 bits per heavy atom. The first-order valence-electron chi connectivity index (χ1n) is 3.40. The lowest BCUT2D eigenvalue weighted by molar-refractivity contribution is -0.105. The molecule has 0 aliphatic rings. The van der Waals surface area contributed by atoms with E-state index >= 15 is 0 Å². The predicted octanol–water partition coefficient (Wildman–Crippen LogP) is 0.298. The fourth-order valence-corrected chi connectivity index (χ4v) is 1.02. The van der Waals surface area contributed by atoms with Gasteiger partial charge < -0.3 is 5.32 Å². The number of carbonyl (C=O) groups is 1. The first kappa shape index (κ1) is 6.78.